The summed E-state index contributed by atoms with van der Waals surface area (Å²) in [5.74, 6) is -1.57. The Labute approximate surface area is 97.2 Å². The summed E-state index contributed by atoms with van der Waals surface area (Å²) in [5, 5.41) is 0. The maximum absolute atomic E-state index is 13.6. The normalized spacial score (nSPS) is 10.5. The zero-order chi connectivity index (χ0) is 12.4. The summed E-state index contributed by atoms with van der Waals surface area (Å²) in [5.41, 5.74) is 6.10. The highest BCUT2D eigenvalue weighted by atomic mass is 19.2. The topological polar surface area (TPSA) is 43.8 Å². The van der Waals surface area contributed by atoms with Gasteiger partial charge in [0.25, 0.3) is 0 Å². The van der Waals surface area contributed by atoms with Crippen molar-refractivity contribution < 1.29 is 8.78 Å². The molecular weight excluding hydrogens is 224 g/mol. The van der Waals surface area contributed by atoms with E-state index in [1.165, 1.54) is 18.5 Å². The van der Waals surface area contributed by atoms with Crippen molar-refractivity contribution in [3.63, 3.8) is 0 Å². The lowest BCUT2D eigenvalue weighted by Gasteiger charge is -2.04. The molecule has 0 saturated carbocycles. The fourth-order valence-electron chi connectivity index (χ4n) is 1.57. The van der Waals surface area contributed by atoms with Gasteiger partial charge in [0.1, 0.15) is 11.5 Å². The molecule has 2 N–H and O–H groups in total. The predicted octanol–water partition coefficient (Wildman–Crippen LogP) is 2.60. The van der Waals surface area contributed by atoms with Gasteiger partial charge in [-0.05, 0) is 12.1 Å². The Balaban J connectivity index is 2.53. The highest BCUT2D eigenvalue weighted by Crippen LogP contribution is 2.27. The zero-order valence-electron chi connectivity index (χ0n) is 9.03. The summed E-state index contributed by atoms with van der Waals surface area (Å²) in [4.78, 5) is 3.99. The Bertz CT molecular complexity index is 561. The SMILES string of the molecule is C=CCn1cnc(-c2cccc(F)c2F)c1N. The Morgan fingerprint density at radius 2 is 2.18 bits per heavy atom. The van der Waals surface area contributed by atoms with Crippen LogP contribution < -0.4 is 5.73 Å². The van der Waals surface area contributed by atoms with Crippen LogP contribution in [-0.4, -0.2) is 9.55 Å². The van der Waals surface area contributed by atoms with Crippen LogP contribution in [0.3, 0.4) is 0 Å². The monoisotopic (exact) mass is 235 g/mol. The summed E-state index contributed by atoms with van der Waals surface area (Å²) in [6.07, 6.45) is 3.11. The second-order valence-corrected chi connectivity index (χ2v) is 3.52. The molecule has 88 valence electrons. The molecule has 1 heterocycles. The molecule has 0 amide bonds. The zero-order valence-corrected chi connectivity index (χ0v) is 9.03. The number of benzene rings is 1. The molecule has 1 aromatic heterocycles. The van der Waals surface area contributed by atoms with Crippen LogP contribution in [0.2, 0.25) is 0 Å². The lowest BCUT2D eigenvalue weighted by atomic mass is 10.1. The van der Waals surface area contributed by atoms with Crippen LogP contribution in [0, 0.1) is 11.6 Å². The largest absolute Gasteiger partial charge is 0.383 e. The number of halogens is 2. The fourth-order valence-corrected chi connectivity index (χ4v) is 1.57. The second kappa shape index (κ2) is 4.37. The first-order valence-electron chi connectivity index (χ1n) is 5.01. The van der Waals surface area contributed by atoms with Gasteiger partial charge in [0.15, 0.2) is 11.6 Å². The molecule has 5 heteroatoms. The molecule has 0 atom stereocenters. The van der Waals surface area contributed by atoms with Crippen LogP contribution in [-0.2, 0) is 6.54 Å². The minimum atomic E-state index is -0.942. The minimum absolute atomic E-state index is 0.0605. The van der Waals surface area contributed by atoms with E-state index in [1.807, 2.05) is 0 Å². The fraction of sp³-hybridized carbons (Fsp3) is 0.0833. The third kappa shape index (κ3) is 1.91. The minimum Gasteiger partial charge on any atom is -0.383 e. The molecule has 0 saturated heterocycles. The van der Waals surface area contributed by atoms with Gasteiger partial charge in [-0.15, -0.1) is 6.58 Å². The molecule has 0 unspecified atom stereocenters. The summed E-state index contributed by atoms with van der Waals surface area (Å²) in [6, 6.07) is 3.91. The van der Waals surface area contributed by atoms with E-state index < -0.39 is 11.6 Å². The smallest absolute Gasteiger partial charge is 0.168 e. The van der Waals surface area contributed by atoms with E-state index in [9.17, 15) is 8.78 Å². The molecular formula is C12H11F2N3. The number of nitrogen functional groups attached to an aromatic ring is 1. The first-order chi connectivity index (χ1) is 8.15. The first-order valence-corrected chi connectivity index (χ1v) is 5.01. The van der Waals surface area contributed by atoms with Crippen molar-refractivity contribution in [2.45, 2.75) is 6.54 Å². The van der Waals surface area contributed by atoms with Crippen LogP contribution >= 0.6 is 0 Å². The van der Waals surface area contributed by atoms with Crippen LogP contribution in [0.5, 0.6) is 0 Å². The van der Waals surface area contributed by atoms with E-state index in [4.69, 9.17) is 5.73 Å². The predicted molar refractivity (Wildman–Crippen MR) is 62.2 cm³/mol. The Morgan fingerprint density at radius 1 is 1.41 bits per heavy atom. The number of imidazole rings is 1. The van der Waals surface area contributed by atoms with Crippen LogP contribution in [0.4, 0.5) is 14.6 Å². The standard InChI is InChI=1S/C12H11F2N3/c1-2-6-17-7-16-11(12(17)15)8-4-3-5-9(13)10(8)14/h2-5,7H,1,6,15H2. The van der Waals surface area contributed by atoms with Gasteiger partial charge in [-0.2, -0.15) is 0 Å². The maximum Gasteiger partial charge on any atom is 0.168 e. The molecule has 0 fully saturated rings. The van der Waals surface area contributed by atoms with Gasteiger partial charge in [0.05, 0.1) is 6.33 Å². The van der Waals surface area contributed by atoms with E-state index in [1.54, 1.807) is 10.6 Å². The Kier molecular flexibility index (Phi) is 2.91. The third-order valence-corrected chi connectivity index (χ3v) is 2.41. The van der Waals surface area contributed by atoms with Gasteiger partial charge in [-0.25, -0.2) is 13.8 Å². The van der Waals surface area contributed by atoms with E-state index in [0.717, 1.165) is 6.07 Å². The van der Waals surface area contributed by atoms with Crippen molar-refractivity contribution in [1.29, 1.82) is 0 Å². The summed E-state index contributed by atoms with van der Waals surface area (Å²) in [7, 11) is 0. The second-order valence-electron chi connectivity index (χ2n) is 3.52. The number of hydrogen-bond acceptors (Lipinski definition) is 2. The summed E-state index contributed by atoms with van der Waals surface area (Å²) < 4.78 is 28.3. The van der Waals surface area contributed by atoms with Crippen LogP contribution in [0.1, 0.15) is 0 Å². The lowest BCUT2D eigenvalue weighted by molar-refractivity contribution is 0.511. The van der Waals surface area contributed by atoms with Crippen molar-refractivity contribution in [2.24, 2.45) is 0 Å². The Morgan fingerprint density at radius 3 is 2.88 bits per heavy atom. The van der Waals surface area contributed by atoms with Crippen LogP contribution in [0.15, 0.2) is 37.2 Å². The number of aromatic nitrogens is 2. The molecule has 1 aromatic carbocycles. The molecule has 0 aliphatic carbocycles. The quantitative estimate of drug-likeness (QED) is 0.831. The van der Waals surface area contributed by atoms with Gasteiger partial charge in [-0.1, -0.05) is 12.1 Å². The van der Waals surface area contributed by atoms with Gasteiger partial charge in [0.2, 0.25) is 0 Å². The van der Waals surface area contributed by atoms with Crippen molar-refractivity contribution in [2.75, 3.05) is 5.73 Å². The van der Waals surface area contributed by atoms with Gasteiger partial charge in [-0.3, -0.25) is 0 Å². The molecule has 2 rings (SSSR count). The summed E-state index contributed by atoms with van der Waals surface area (Å²) in [6.45, 7) is 4.04. The van der Waals surface area contributed by atoms with Crippen molar-refractivity contribution in [1.82, 2.24) is 9.55 Å². The van der Waals surface area contributed by atoms with E-state index >= 15 is 0 Å². The number of rotatable bonds is 3. The highest BCUT2D eigenvalue weighted by Gasteiger charge is 2.15. The van der Waals surface area contributed by atoms with Gasteiger partial charge in [0, 0.05) is 12.1 Å². The molecule has 2 aromatic rings. The molecule has 3 nitrogen and oxygen atoms in total. The van der Waals surface area contributed by atoms with Gasteiger partial charge >= 0.3 is 0 Å². The molecule has 0 radical (unpaired) electrons. The number of nitrogens with two attached hydrogens (primary N) is 1. The molecule has 0 aliphatic heterocycles. The number of hydrogen-bond donors (Lipinski definition) is 1. The lowest BCUT2D eigenvalue weighted by Crippen LogP contribution is -2.01. The van der Waals surface area contributed by atoms with Gasteiger partial charge < -0.3 is 10.3 Å². The van der Waals surface area contributed by atoms with Crippen LogP contribution in [0.25, 0.3) is 11.3 Å². The molecule has 0 bridgehead atoms. The van der Waals surface area contributed by atoms with E-state index in [-0.39, 0.29) is 17.1 Å². The Hall–Kier alpha value is -2.17. The molecule has 0 aliphatic rings. The molecule has 17 heavy (non-hydrogen) atoms. The third-order valence-electron chi connectivity index (χ3n) is 2.41. The van der Waals surface area contributed by atoms with E-state index in [0.29, 0.717) is 6.54 Å². The summed E-state index contributed by atoms with van der Waals surface area (Å²) >= 11 is 0. The first kappa shape index (κ1) is 11.3. The average Bonchev–Trinajstić information content (AvgIpc) is 2.66. The number of anilines is 1. The maximum atomic E-state index is 13.6. The number of allylic oxidation sites excluding steroid dienone is 1. The average molecular weight is 235 g/mol. The number of nitrogens with zero attached hydrogens (tertiary/aromatic N) is 2. The van der Waals surface area contributed by atoms with Crippen molar-refractivity contribution >= 4 is 5.82 Å². The van der Waals surface area contributed by atoms with Crippen molar-refractivity contribution in [3.05, 3.63) is 48.8 Å². The van der Waals surface area contributed by atoms with Crippen molar-refractivity contribution in [3.8, 4) is 11.3 Å². The molecule has 0 spiro atoms. The van der Waals surface area contributed by atoms with E-state index in [2.05, 4.69) is 11.6 Å². The highest BCUT2D eigenvalue weighted by molar-refractivity contribution is 5.70.